The van der Waals surface area contributed by atoms with Gasteiger partial charge in [-0.05, 0) is 38.5 Å². The first-order chi connectivity index (χ1) is 21.6. The van der Waals surface area contributed by atoms with E-state index in [-0.39, 0.29) is 25.5 Å². The monoisotopic (exact) mass is 855 g/mol. The number of rotatable bonds is 3. The molecule has 1 aliphatic rings. The van der Waals surface area contributed by atoms with Gasteiger partial charge in [0.25, 0.3) is 0 Å². The molecule has 8 rings (SSSR count). The minimum absolute atomic E-state index is 0. The summed E-state index contributed by atoms with van der Waals surface area (Å²) in [5.41, 5.74) is 10.8. The number of nitrogens with zero attached hydrogens (tertiary/aromatic N) is 2. The molecule has 0 atom stereocenters. The van der Waals surface area contributed by atoms with Crippen molar-refractivity contribution in [3.8, 4) is 33.6 Å². The first-order valence-corrected chi connectivity index (χ1v) is 23.7. The van der Waals surface area contributed by atoms with E-state index in [0.29, 0.717) is 0 Å². The van der Waals surface area contributed by atoms with Crippen molar-refractivity contribution in [1.29, 1.82) is 0 Å². The Balaban J connectivity index is 0.000000187. The molecule has 0 fully saturated rings. The van der Waals surface area contributed by atoms with E-state index in [0.717, 1.165) is 22.5 Å². The molecule has 0 N–H and O–H groups in total. The molecule has 2 nitrogen and oxygen atoms in total. The number of hydrogen-bond donors (Lipinski definition) is 0. The van der Waals surface area contributed by atoms with Gasteiger partial charge in [0, 0.05) is 42.0 Å². The van der Waals surface area contributed by atoms with Crippen molar-refractivity contribution >= 4 is 49.2 Å². The molecule has 3 aromatic heterocycles. The molecule has 0 bridgehead atoms. The third-order valence-electron chi connectivity index (χ3n) is 8.99. The van der Waals surface area contributed by atoms with Crippen LogP contribution in [0.3, 0.4) is 0 Å². The Kier molecular flexibility index (Phi) is 8.95. The first-order valence-electron chi connectivity index (χ1n) is 15.5. The van der Waals surface area contributed by atoms with Gasteiger partial charge in [-0.25, -0.2) is 0 Å². The molecule has 0 amide bonds. The normalized spacial score (nSPS) is 13.0. The molecule has 3 heterocycles. The van der Waals surface area contributed by atoms with Crippen molar-refractivity contribution in [3.05, 3.63) is 138 Å². The summed E-state index contributed by atoms with van der Waals surface area (Å²) in [5.74, 6) is 7.14. The second-order valence-electron chi connectivity index (χ2n) is 13.4. The summed E-state index contributed by atoms with van der Waals surface area (Å²) in [6.45, 7) is 6.81. The Labute approximate surface area is 292 Å². The molecule has 4 aromatic carbocycles. The van der Waals surface area contributed by atoms with Gasteiger partial charge < -0.3 is 4.98 Å². The minimum atomic E-state index is -1.72. The second kappa shape index (κ2) is 12.7. The summed E-state index contributed by atoms with van der Waals surface area (Å²) >= 11 is 0.131. The van der Waals surface area contributed by atoms with Crippen molar-refractivity contribution in [1.82, 2.24) is 9.97 Å². The van der Waals surface area contributed by atoms with Crippen LogP contribution in [0.25, 0.3) is 53.8 Å². The Bertz CT molecular complexity index is 2180. The van der Waals surface area contributed by atoms with Crippen LogP contribution in [0.15, 0.2) is 109 Å². The van der Waals surface area contributed by atoms with Gasteiger partial charge >= 0.3 is 99.8 Å². The minimum Gasteiger partial charge on any atom is 0 e. The average molecular weight is 854 g/mol. The Hall–Kier alpha value is -3.41. The Morgan fingerprint density at radius 3 is 2.22 bits per heavy atom. The van der Waals surface area contributed by atoms with E-state index < -0.39 is 13.3 Å². The van der Waals surface area contributed by atoms with Gasteiger partial charge in [0.1, 0.15) is 0 Å². The summed E-state index contributed by atoms with van der Waals surface area (Å²) in [5, 5.41) is 2.67. The molecule has 1 aliphatic carbocycles. The molecule has 46 heavy (non-hydrogen) atoms. The van der Waals surface area contributed by atoms with Crippen molar-refractivity contribution in [2.45, 2.75) is 43.5 Å². The topological polar surface area (TPSA) is 25.8 Å². The van der Waals surface area contributed by atoms with Crippen LogP contribution in [0.4, 0.5) is 0 Å². The number of pyridine rings is 2. The number of aryl methyl sites for hydroxylation is 1. The molecule has 0 spiro atoms. The largest absolute Gasteiger partial charge is 0 e. The molecular formula is C41H36GeIrN2S-2. The summed E-state index contributed by atoms with van der Waals surface area (Å²) < 4.78 is 4.05. The van der Waals surface area contributed by atoms with Crippen LogP contribution in [0.5, 0.6) is 0 Å². The van der Waals surface area contributed by atoms with Crippen LogP contribution in [0.2, 0.25) is 17.3 Å². The van der Waals surface area contributed by atoms with Gasteiger partial charge in [0.05, 0.1) is 0 Å². The second-order valence-corrected chi connectivity index (χ2v) is 25.1. The number of thiophene rings is 1. The zero-order chi connectivity index (χ0) is 31.3. The first kappa shape index (κ1) is 32.5. The summed E-state index contributed by atoms with van der Waals surface area (Å²) in [4.78, 5) is 9.44. The fraction of sp³-hybridized carbons (Fsp3) is 0.171. The molecule has 7 aromatic rings. The van der Waals surface area contributed by atoms with E-state index in [1.165, 1.54) is 52.4 Å². The van der Waals surface area contributed by atoms with E-state index in [9.17, 15) is 0 Å². The van der Waals surface area contributed by atoms with Crippen molar-refractivity contribution in [2.75, 3.05) is 0 Å². The summed E-state index contributed by atoms with van der Waals surface area (Å²) in [6, 6.07) is 40.8. The van der Waals surface area contributed by atoms with Crippen LogP contribution in [-0.4, -0.2) is 23.2 Å². The summed E-state index contributed by atoms with van der Waals surface area (Å²) in [7, 11) is 0. The van der Waals surface area contributed by atoms with Gasteiger partial charge in [-0.3, -0.25) is 0 Å². The van der Waals surface area contributed by atoms with Crippen LogP contribution < -0.4 is 4.40 Å². The SMILES string of the molecule is Cc1c[c-]c(-c2cc3c(cn2)-c2ccccc2C3(C)C)c2sc3ccccc3c12.[CH3][Ge]([CH3])([CH3])[c]1ccc(-c2[c-]cccc2)nc1.[Ir]. The Morgan fingerprint density at radius 2 is 1.48 bits per heavy atom. The van der Waals surface area contributed by atoms with Crippen LogP contribution >= 0.6 is 11.3 Å². The smallest absolute Gasteiger partial charge is 0 e. The molecule has 0 unspecified atom stereocenters. The van der Waals surface area contributed by atoms with Crippen LogP contribution in [0, 0.1) is 19.1 Å². The molecule has 0 aliphatic heterocycles. The van der Waals surface area contributed by atoms with Crippen molar-refractivity contribution in [2.24, 2.45) is 0 Å². The third-order valence-corrected chi connectivity index (χ3v) is 14.4. The molecule has 5 heteroatoms. The molecule has 0 saturated heterocycles. The predicted octanol–water partition coefficient (Wildman–Crippen LogP) is 10.6. The number of benzene rings is 4. The predicted molar refractivity (Wildman–Crippen MR) is 195 cm³/mol. The fourth-order valence-corrected chi connectivity index (χ4v) is 9.86. The zero-order valence-electron chi connectivity index (χ0n) is 27.0. The van der Waals surface area contributed by atoms with Gasteiger partial charge in [0.2, 0.25) is 0 Å². The Morgan fingerprint density at radius 1 is 0.739 bits per heavy atom. The maximum absolute atomic E-state index is 4.91. The van der Waals surface area contributed by atoms with E-state index >= 15 is 0 Å². The molecule has 1 radical (unpaired) electrons. The molecular weight excluding hydrogens is 817 g/mol. The summed E-state index contributed by atoms with van der Waals surface area (Å²) in [6.07, 6.45) is 4.10. The van der Waals surface area contributed by atoms with Gasteiger partial charge in [-0.15, -0.1) is 23.3 Å². The standard InChI is InChI=1S/C27H20NS.C14H16GeN.Ir/c1-16-12-13-18(26-25(16)19-9-5-7-11-24(19)29-26)23-14-22-20(15-28-23)17-8-4-6-10-21(17)27(22,2)3;1-15(2,3)13-9-10-14(16-11-13)12-7-5-4-6-8-12;/h4-12,14-15H,1-3H3;4-7,9-11H,1-3H3;/q2*-1;. The quantitative estimate of drug-likeness (QED) is 0.131. The maximum atomic E-state index is 4.91. The van der Waals surface area contributed by atoms with E-state index in [1.54, 1.807) is 0 Å². The van der Waals surface area contributed by atoms with Crippen LogP contribution in [0.1, 0.15) is 30.5 Å². The average Bonchev–Trinajstić information content (AvgIpc) is 3.55. The molecule has 231 valence electrons. The van der Waals surface area contributed by atoms with Crippen molar-refractivity contribution in [3.63, 3.8) is 0 Å². The number of hydrogen-bond acceptors (Lipinski definition) is 3. The van der Waals surface area contributed by atoms with E-state index in [2.05, 4.69) is 134 Å². The van der Waals surface area contributed by atoms with E-state index in [4.69, 9.17) is 4.98 Å². The zero-order valence-corrected chi connectivity index (χ0v) is 32.3. The number of aromatic nitrogens is 2. The van der Waals surface area contributed by atoms with E-state index in [1.807, 2.05) is 41.8 Å². The third kappa shape index (κ3) is 5.82. The van der Waals surface area contributed by atoms with Gasteiger partial charge in [-0.2, -0.15) is 11.3 Å². The maximum Gasteiger partial charge on any atom is 0 e. The number of fused-ring (bicyclic) bond motifs is 6. The van der Waals surface area contributed by atoms with Gasteiger partial charge in [-0.1, -0.05) is 74.7 Å². The fourth-order valence-electron chi connectivity index (χ4n) is 6.40. The van der Waals surface area contributed by atoms with Gasteiger partial charge in [0.15, 0.2) is 0 Å². The molecule has 0 saturated carbocycles. The van der Waals surface area contributed by atoms with Crippen LogP contribution in [-0.2, 0) is 25.5 Å². The van der Waals surface area contributed by atoms with Crippen molar-refractivity contribution < 1.29 is 20.1 Å².